The minimum Gasteiger partial charge on any atom is -0.389 e. The summed E-state index contributed by atoms with van der Waals surface area (Å²) in [6, 6.07) is 0. The Morgan fingerprint density at radius 1 is 1.08 bits per heavy atom. The summed E-state index contributed by atoms with van der Waals surface area (Å²) in [5.41, 5.74) is -0.548. The fourth-order valence-corrected chi connectivity index (χ4v) is 1.52. The predicted molar refractivity (Wildman–Crippen MR) is 62.5 cm³/mol. The van der Waals surface area contributed by atoms with Crippen LogP contribution in [0.1, 0.15) is 58.8 Å². The zero-order chi connectivity index (χ0) is 10.2. The van der Waals surface area contributed by atoms with Crippen molar-refractivity contribution in [1.29, 1.82) is 0 Å². The second-order valence-electron chi connectivity index (χ2n) is 4.17. The van der Waals surface area contributed by atoms with Gasteiger partial charge in [-0.3, -0.25) is 0 Å². The quantitative estimate of drug-likeness (QED) is 0.458. The van der Waals surface area contributed by atoms with Crippen LogP contribution in [0.2, 0.25) is 0 Å². The average Bonchev–Trinajstić information content (AvgIpc) is 2.11. The lowest BCUT2D eigenvalue weighted by molar-refractivity contribution is 0.0734. The van der Waals surface area contributed by atoms with Crippen LogP contribution in [0.25, 0.3) is 0 Å². The SMILES string of the molecule is CCCCCCCCC(C)(O)CS. The lowest BCUT2D eigenvalue weighted by Gasteiger charge is -2.20. The molecule has 0 aromatic heterocycles. The van der Waals surface area contributed by atoms with Crippen LogP contribution in [0.3, 0.4) is 0 Å². The lowest BCUT2D eigenvalue weighted by Crippen LogP contribution is -2.25. The summed E-state index contributed by atoms with van der Waals surface area (Å²) >= 11 is 4.11. The van der Waals surface area contributed by atoms with Crippen molar-refractivity contribution < 1.29 is 5.11 Å². The highest BCUT2D eigenvalue weighted by Gasteiger charge is 2.16. The monoisotopic (exact) mass is 204 g/mol. The first-order valence-electron chi connectivity index (χ1n) is 5.45. The van der Waals surface area contributed by atoms with Gasteiger partial charge in [0.2, 0.25) is 0 Å². The molecule has 0 aromatic rings. The predicted octanol–water partition coefficient (Wildman–Crippen LogP) is 3.42. The first kappa shape index (κ1) is 13.3. The van der Waals surface area contributed by atoms with E-state index in [0.717, 1.165) is 12.8 Å². The molecular formula is C11H24OS. The summed E-state index contributed by atoms with van der Waals surface area (Å²) in [6.45, 7) is 4.09. The maximum absolute atomic E-state index is 9.65. The van der Waals surface area contributed by atoms with Crippen LogP contribution in [-0.4, -0.2) is 16.5 Å². The standard InChI is InChI=1S/C11H24OS/c1-3-4-5-6-7-8-9-11(2,12)10-13/h12-13H,3-10H2,1-2H3. The topological polar surface area (TPSA) is 20.2 Å². The Morgan fingerprint density at radius 2 is 1.62 bits per heavy atom. The average molecular weight is 204 g/mol. The maximum atomic E-state index is 9.65. The molecule has 1 nitrogen and oxygen atoms in total. The Balaban J connectivity index is 3.16. The lowest BCUT2D eigenvalue weighted by atomic mass is 9.99. The number of unbranched alkanes of at least 4 members (excludes halogenated alkanes) is 5. The second kappa shape index (κ2) is 7.69. The molecular weight excluding hydrogens is 180 g/mol. The summed E-state index contributed by atoms with van der Waals surface area (Å²) < 4.78 is 0. The van der Waals surface area contributed by atoms with Crippen molar-refractivity contribution in [2.45, 2.75) is 64.4 Å². The molecule has 0 rings (SSSR count). The molecule has 0 aromatic carbocycles. The van der Waals surface area contributed by atoms with Crippen LogP contribution in [0, 0.1) is 0 Å². The van der Waals surface area contributed by atoms with Crippen LogP contribution in [0.15, 0.2) is 0 Å². The smallest absolute Gasteiger partial charge is 0.0707 e. The molecule has 1 N–H and O–H groups in total. The van der Waals surface area contributed by atoms with Crippen LogP contribution in [0.5, 0.6) is 0 Å². The Bertz CT molecular complexity index is 113. The van der Waals surface area contributed by atoms with Crippen LogP contribution < -0.4 is 0 Å². The molecule has 0 spiro atoms. The Morgan fingerprint density at radius 3 is 2.15 bits per heavy atom. The van der Waals surface area contributed by atoms with E-state index < -0.39 is 5.60 Å². The highest BCUT2D eigenvalue weighted by Crippen LogP contribution is 2.16. The Hall–Kier alpha value is 0.310. The van der Waals surface area contributed by atoms with Crippen LogP contribution in [0.4, 0.5) is 0 Å². The molecule has 0 aliphatic heterocycles. The molecule has 0 aliphatic carbocycles. The third-order valence-corrected chi connectivity index (χ3v) is 3.09. The van der Waals surface area contributed by atoms with E-state index in [9.17, 15) is 5.11 Å². The molecule has 0 saturated carbocycles. The molecule has 80 valence electrons. The minimum atomic E-state index is -0.548. The molecule has 2 heteroatoms. The molecule has 0 amide bonds. The molecule has 0 radical (unpaired) electrons. The van der Waals surface area contributed by atoms with Crippen molar-refractivity contribution >= 4 is 12.6 Å². The number of hydrogen-bond acceptors (Lipinski definition) is 2. The zero-order valence-electron chi connectivity index (χ0n) is 9.05. The van der Waals surface area contributed by atoms with Gasteiger partial charge in [0.1, 0.15) is 0 Å². The van der Waals surface area contributed by atoms with Crippen LogP contribution in [-0.2, 0) is 0 Å². The van der Waals surface area contributed by atoms with E-state index in [1.165, 1.54) is 32.1 Å². The molecule has 0 aliphatic rings. The first-order chi connectivity index (χ1) is 6.12. The first-order valence-corrected chi connectivity index (χ1v) is 6.09. The van der Waals surface area contributed by atoms with Gasteiger partial charge in [-0.15, -0.1) is 0 Å². The van der Waals surface area contributed by atoms with E-state index in [1.807, 2.05) is 6.92 Å². The van der Waals surface area contributed by atoms with E-state index in [2.05, 4.69) is 19.6 Å². The summed E-state index contributed by atoms with van der Waals surface area (Å²) in [4.78, 5) is 0. The number of rotatable bonds is 8. The summed E-state index contributed by atoms with van der Waals surface area (Å²) in [7, 11) is 0. The van der Waals surface area contributed by atoms with Gasteiger partial charge in [-0.05, 0) is 13.3 Å². The van der Waals surface area contributed by atoms with Gasteiger partial charge in [-0.1, -0.05) is 45.4 Å². The number of hydrogen-bond donors (Lipinski definition) is 2. The molecule has 13 heavy (non-hydrogen) atoms. The van der Waals surface area contributed by atoms with Crippen molar-refractivity contribution in [3.8, 4) is 0 Å². The number of aliphatic hydroxyl groups is 1. The summed E-state index contributed by atoms with van der Waals surface area (Å²) in [5.74, 6) is 0.571. The molecule has 0 fully saturated rings. The second-order valence-corrected chi connectivity index (χ2v) is 4.49. The highest BCUT2D eigenvalue weighted by atomic mass is 32.1. The van der Waals surface area contributed by atoms with E-state index in [0.29, 0.717) is 5.75 Å². The maximum Gasteiger partial charge on any atom is 0.0707 e. The van der Waals surface area contributed by atoms with E-state index in [-0.39, 0.29) is 0 Å². The van der Waals surface area contributed by atoms with Gasteiger partial charge >= 0.3 is 0 Å². The van der Waals surface area contributed by atoms with Gasteiger partial charge in [0.25, 0.3) is 0 Å². The normalized spacial score (nSPS) is 15.7. The zero-order valence-corrected chi connectivity index (χ0v) is 9.95. The fraction of sp³-hybridized carbons (Fsp3) is 1.00. The number of thiol groups is 1. The Kier molecular flexibility index (Phi) is 7.87. The van der Waals surface area contributed by atoms with Gasteiger partial charge in [0.15, 0.2) is 0 Å². The minimum absolute atomic E-state index is 0.548. The summed E-state index contributed by atoms with van der Waals surface area (Å²) in [5, 5.41) is 9.65. The van der Waals surface area contributed by atoms with Crippen molar-refractivity contribution in [2.24, 2.45) is 0 Å². The van der Waals surface area contributed by atoms with Crippen LogP contribution >= 0.6 is 12.6 Å². The largest absolute Gasteiger partial charge is 0.389 e. The third-order valence-electron chi connectivity index (χ3n) is 2.41. The molecule has 1 atom stereocenters. The van der Waals surface area contributed by atoms with Gasteiger partial charge in [0, 0.05) is 5.75 Å². The molecule has 0 bridgehead atoms. The van der Waals surface area contributed by atoms with E-state index >= 15 is 0 Å². The summed E-state index contributed by atoms with van der Waals surface area (Å²) in [6.07, 6.45) is 8.59. The Labute approximate surface area is 88.3 Å². The molecule has 0 heterocycles. The van der Waals surface area contributed by atoms with Crippen molar-refractivity contribution in [1.82, 2.24) is 0 Å². The van der Waals surface area contributed by atoms with Crippen molar-refractivity contribution in [3.63, 3.8) is 0 Å². The fourth-order valence-electron chi connectivity index (χ4n) is 1.37. The van der Waals surface area contributed by atoms with Crippen molar-refractivity contribution in [3.05, 3.63) is 0 Å². The van der Waals surface area contributed by atoms with Crippen molar-refractivity contribution in [2.75, 3.05) is 5.75 Å². The van der Waals surface area contributed by atoms with Gasteiger partial charge < -0.3 is 5.11 Å². The third kappa shape index (κ3) is 8.63. The van der Waals surface area contributed by atoms with Gasteiger partial charge in [-0.25, -0.2) is 0 Å². The van der Waals surface area contributed by atoms with E-state index in [1.54, 1.807) is 0 Å². The van der Waals surface area contributed by atoms with Gasteiger partial charge in [-0.2, -0.15) is 12.6 Å². The van der Waals surface area contributed by atoms with E-state index in [4.69, 9.17) is 0 Å². The highest BCUT2D eigenvalue weighted by molar-refractivity contribution is 7.80. The molecule has 1 unspecified atom stereocenters. The van der Waals surface area contributed by atoms with Gasteiger partial charge in [0.05, 0.1) is 5.60 Å². The molecule has 0 saturated heterocycles.